The van der Waals surface area contributed by atoms with E-state index in [9.17, 15) is 4.79 Å². The Kier molecular flexibility index (Phi) is 7.02. The van der Waals surface area contributed by atoms with E-state index in [0.29, 0.717) is 53.7 Å². The summed E-state index contributed by atoms with van der Waals surface area (Å²) in [6, 6.07) is 25.7. The van der Waals surface area contributed by atoms with Gasteiger partial charge in [0.15, 0.2) is 17.3 Å². The van der Waals surface area contributed by atoms with Crippen molar-refractivity contribution in [1.29, 1.82) is 0 Å². The van der Waals surface area contributed by atoms with E-state index in [1.54, 1.807) is 12.0 Å². The number of hydrogen-bond donors (Lipinski definition) is 0. The van der Waals surface area contributed by atoms with Crippen molar-refractivity contribution in [3.05, 3.63) is 112 Å². The van der Waals surface area contributed by atoms with Crippen LogP contribution in [0.25, 0.3) is 0 Å². The van der Waals surface area contributed by atoms with Crippen molar-refractivity contribution >= 4 is 29.3 Å². The van der Waals surface area contributed by atoms with Crippen molar-refractivity contribution in [3.8, 4) is 17.6 Å². The van der Waals surface area contributed by atoms with E-state index in [-0.39, 0.29) is 11.9 Å². The zero-order valence-electron chi connectivity index (χ0n) is 22.3. The van der Waals surface area contributed by atoms with Gasteiger partial charge in [-0.3, -0.25) is 14.6 Å². The van der Waals surface area contributed by atoms with Gasteiger partial charge in [0.25, 0.3) is 5.91 Å². The van der Waals surface area contributed by atoms with Gasteiger partial charge in [0.05, 0.1) is 31.3 Å². The van der Waals surface area contributed by atoms with E-state index in [1.165, 1.54) is 5.56 Å². The van der Waals surface area contributed by atoms with Gasteiger partial charge in [-0.25, -0.2) is 9.98 Å². The molecule has 3 aromatic carbocycles. The van der Waals surface area contributed by atoms with Crippen molar-refractivity contribution in [2.24, 2.45) is 4.99 Å². The van der Waals surface area contributed by atoms with Crippen LogP contribution in [-0.2, 0) is 13.0 Å². The molecule has 0 spiro atoms. The lowest BCUT2D eigenvalue weighted by Crippen LogP contribution is -2.50. The Bertz CT molecular complexity index is 1650. The first-order valence-electron chi connectivity index (χ1n) is 13.3. The molecule has 0 fully saturated rings. The molecule has 0 aliphatic carbocycles. The molecule has 4 aromatic rings. The molecule has 1 aromatic heterocycles. The standard InChI is InChI=1S/C32H28ClN5O2/c1-3-36-31(39)29-30(38-21-25(34-32(36)38)18-23-12-8-5-9-13-23)35-28(17-15-22-10-6-4-7-11-22)37(29)20-24-14-16-27(40-2)26(33)19-24/h4-14,16,19,25H,3,18,20-21H2,1-2H3/t25-/m1/s1. The van der Waals surface area contributed by atoms with Gasteiger partial charge >= 0.3 is 0 Å². The first-order valence-corrected chi connectivity index (χ1v) is 13.6. The van der Waals surface area contributed by atoms with Crippen LogP contribution in [0.3, 0.4) is 0 Å². The van der Waals surface area contributed by atoms with Crippen molar-refractivity contribution in [1.82, 2.24) is 14.5 Å². The van der Waals surface area contributed by atoms with Crippen molar-refractivity contribution in [2.75, 3.05) is 25.1 Å². The molecule has 2 aliphatic rings. The zero-order chi connectivity index (χ0) is 27.6. The van der Waals surface area contributed by atoms with Gasteiger partial charge < -0.3 is 9.30 Å². The van der Waals surface area contributed by atoms with E-state index in [2.05, 4.69) is 28.9 Å². The molecule has 2 aliphatic heterocycles. The predicted molar refractivity (Wildman–Crippen MR) is 157 cm³/mol. The van der Waals surface area contributed by atoms with Crippen LogP contribution in [0.5, 0.6) is 5.75 Å². The smallest absolute Gasteiger partial charge is 0.281 e. The normalized spacial score (nSPS) is 15.7. The second-order valence-electron chi connectivity index (χ2n) is 9.71. The first-order chi connectivity index (χ1) is 19.6. The Morgan fingerprint density at radius 3 is 2.45 bits per heavy atom. The third-order valence-electron chi connectivity index (χ3n) is 7.11. The van der Waals surface area contributed by atoms with Crippen LogP contribution in [-0.4, -0.2) is 52.6 Å². The minimum absolute atomic E-state index is 0.00889. The predicted octanol–water partition coefficient (Wildman–Crippen LogP) is 5.26. The van der Waals surface area contributed by atoms with E-state index in [4.69, 9.17) is 26.3 Å². The van der Waals surface area contributed by atoms with E-state index < -0.39 is 0 Å². The lowest BCUT2D eigenvalue weighted by Gasteiger charge is -2.33. The van der Waals surface area contributed by atoms with Crippen LogP contribution < -0.4 is 9.64 Å². The van der Waals surface area contributed by atoms with Crippen LogP contribution in [0.2, 0.25) is 5.02 Å². The van der Waals surface area contributed by atoms with E-state index >= 15 is 0 Å². The van der Waals surface area contributed by atoms with Gasteiger partial charge in [0.2, 0.25) is 5.96 Å². The summed E-state index contributed by atoms with van der Waals surface area (Å²) in [4.78, 5) is 27.7. The lowest BCUT2D eigenvalue weighted by molar-refractivity contribution is 0.0836. The second kappa shape index (κ2) is 10.9. The van der Waals surface area contributed by atoms with Gasteiger partial charge in [-0.05, 0) is 54.7 Å². The van der Waals surface area contributed by atoms with Crippen LogP contribution in [0.15, 0.2) is 83.9 Å². The Labute approximate surface area is 238 Å². The molecule has 0 radical (unpaired) electrons. The molecule has 6 rings (SSSR count). The van der Waals surface area contributed by atoms with Gasteiger partial charge in [-0.1, -0.05) is 72.1 Å². The molecule has 0 saturated carbocycles. The first kappa shape index (κ1) is 25.7. The zero-order valence-corrected chi connectivity index (χ0v) is 23.1. The number of imidazole rings is 1. The number of aromatic nitrogens is 2. The van der Waals surface area contributed by atoms with Gasteiger partial charge in [-0.15, -0.1) is 0 Å². The summed E-state index contributed by atoms with van der Waals surface area (Å²) >= 11 is 6.45. The summed E-state index contributed by atoms with van der Waals surface area (Å²) in [5.41, 5.74) is 3.50. The fraction of sp³-hybridized carbons (Fsp3) is 0.219. The number of fused-ring (bicyclic) bond motifs is 3. The summed E-state index contributed by atoms with van der Waals surface area (Å²) in [5.74, 6) is 8.68. The van der Waals surface area contributed by atoms with Gasteiger partial charge in [0, 0.05) is 12.1 Å². The average molecular weight is 550 g/mol. The molecule has 0 bridgehead atoms. The molecular formula is C32H28ClN5O2. The van der Waals surface area contributed by atoms with Crippen molar-refractivity contribution in [3.63, 3.8) is 0 Å². The fourth-order valence-electron chi connectivity index (χ4n) is 5.19. The molecule has 1 atom stereocenters. The number of halogens is 1. The Morgan fingerprint density at radius 1 is 1.00 bits per heavy atom. The lowest BCUT2D eigenvalue weighted by atomic mass is 10.1. The number of ether oxygens (including phenoxy) is 1. The number of methoxy groups -OCH3 is 1. The van der Waals surface area contributed by atoms with Crippen LogP contribution >= 0.6 is 11.6 Å². The number of benzene rings is 3. The van der Waals surface area contributed by atoms with E-state index in [1.807, 2.05) is 78.2 Å². The summed E-state index contributed by atoms with van der Waals surface area (Å²) < 4.78 is 7.23. The number of hydrogen-bond acceptors (Lipinski definition) is 5. The number of carbonyl (C=O) groups excluding carboxylic acids is 1. The second-order valence-corrected chi connectivity index (χ2v) is 10.1. The maximum absolute atomic E-state index is 14.0. The van der Waals surface area contributed by atoms with Gasteiger partial charge in [0.1, 0.15) is 5.75 Å². The molecule has 0 saturated heterocycles. The largest absolute Gasteiger partial charge is 0.495 e. The van der Waals surface area contributed by atoms with Crippen LogP contribution in [0.1, 0.15) is 39.9 Å². The minimum Gasteiger partial charge on any atom is -0.495 e. The molecule has 40 heavy (non-hydrogen) atoms. The van der Waals surface area contributed by atoms with Crippen molar-refractivity contribution < 1.29 is 9.53 Å². The quantitative estimate of drug-likeness (QED) is 0.308. The molecule has 0 unspecified atom stereocenters. The average Bonchev–Trinajstić information content (AvgIpc) is 3.55. The molecule has 8 heteroatoms. The van der Waals surface area contributed by atoms with E-state index in [0.717, 1.165) is 17.5 Å². The molecule has 7 nitrogen and oxygen atoms in total. The molecule has 0 N–H and O–H groups in total. The number of nitrogens with zero attached hydrogens (tertiary/aromatic N) is 5. The van der Waals surface area contributed by atoms with Gasteiger partial charge in [-0.2, -0.15) is 0 Å². The number of carbonyl (C=O) groups is 1. The number of guanidine groups is 1. The number of anilines is 1. The molecule has 200 valence electrons. The highest BCUT2D eigenvalue weighted by Crippen LogP contribution is 2.34. The molecule has 3 heterocycles. The third-order valence-corrected chi connectivity index (χ3v) is 7.40. The topological polar surface area (TPSA) is 63.0 Å². The Balaban J connectivity index is 1.43. The highest BCUT2D eigenvalue weighted by molar-refractivity contribution is 6.32. The monoisotopic (exact) mass is 549 g/mol. The summed E-state index contributed by atoms with van der Waals surface area (Å²) in [7, 11) is 1.59. The number of aliphatic imine (C=N–C) groups is 1. The number of rotatable bonds is 6. The van der Waals surface area contributed by atoms with Crippen molar-refractivity contribution in [2.45, 2.75) is 25.9 Å². The molecular weight excluding hydrogens is 522 g/mol. The third kappa shape index (κ3) is 4.83. The highest BCUT2D eigenvalue weighted by atomic mass is 35.5. The highest BCUT2D eigenvalue weighted by Gasteiger charge is 2.43. The van der Waals surface area contributed by atoms with Crippen LogP contribution in [0, 0.1) is 11.8 Å². The molecule has 1 amide bonds. The summed E-state index contributed by atoms with van der Waals surface area (Å²) in [5, 5.41) is 0.505. The summed E-state index contributed by atoms with van der Waals surface area (Å²) in [6.07, 6.45) is 0.785. The SMILES string of the molecule is CCN1C(=O)c2c(nc(C#Cc3ccccc3)n2Cc2ccc(OC)c(Cl)c2)N2C[C@@H](Cc3ccccc3)N=C12. The maximum atomic E-state index is 14.0. The Morgan fingerprint density at radius 2 is 1.75 bits per heavy atom. The minimum atomic E-state index is -0.132. The summed E-state index contributed by atoms with van der Waals surface area (Å²) in [6.45, 7) is 3.48. The maximum Gasteiger partial charge on any atom is 0.281 e. The Hall–Kier alpha value is -4.54. The fourth-order valence-corrected chi connectivity index (χ4v) is 5.47. The van der Waals surface area contributed by atoms with Crippen LogP contribution in [0.4, 0.5) is 5.82 Å². The number of amides is 1.